The van der Waals surface area contributed by atoms with Crippen molar-refractivity contribution in [2.24, 2.45) is 0 Å². The fourth-order valence-electron chi connectivity index (χ4n) is 4.20. The molecule has 1 aromatic heterocycles. The lowest BCUT2D eigenvalue weighted by atomic mass is 10.1. The molecule has 6 nitrogen and oxygen atoms in total. The van der Waals surface area contributed by atoms with Gasteiger partial charge < -0.3 is 14.6 Å². The fourth-order valence-corrected chi connectivity index (χ4v) is 7.09. The monoisotopic (exact) mass is 498 g/mol. The number of ether oxygens (including phenoxy) is 1. The Morgan fingerprint density at radius 2 is 1.88 bits per heavy atom. The molecule has 0 radical (unpaired) electrons. The molecule has 0 unspecified atom stereocenters. The third-order valence-corrected chi connectivity index (χ3v) is 8.97. The molecule has 0 saturated carbocycles. The summed E-state index contributed by atoms with van der Waals surface area (Å²) in [6, 6.07) is 12.5. The Bertz CT molecular complexity index is 1150. The van der Waals surface area contributed by atoms with E-state index >= 15 is 0 Å². The Hall–Kier alpha value is -2.52. The van der Waals surface area contributed by atoms with Crippen molar-refractivity contribution in [1.82, 2.24) is 14.8 Å². The van der Waals surface area contributed by atoms with Gasteiger partial charge in [0.05, 0.1) is 10.3 Å². The number of hydrogen-bond donors (Lipinski definition) is 1. The molecule has 34 heavy (non-hydrogen) atoms. The summed E-state index contributed by atoms with van der Waals surface area (Å²) in [5, 5.41) is 11.3. The summed E-state index contributed by atoms with van der Waals surface area (Å²) in [6.45, 7) is 0.651. The molecule has 1 N–H and O–H groups in total. The number of anilines is 1. The SMILES string of the molecule is O=C(COc1ccc(C2SCCCS2)cc1)Nc1cc(-c2nnc3n2CCCCC3)ccc1F. The van der Waals surface area contributed by atoms with E-state index in [-0.39, 0.29) is 12.3 Å². The quantitative estimate of drug-likeness (QED) is 0.470. The third kappa shape index (κ3) is 5.41. The second kappa shape index (κ2) is 10.8. The summed E-state index contributed by atoms with van der Waals surface area (Å²) in [7, 11) is 0. The standard InChI is InChI=1S/C25H27FN4O2S2/c26-20-11-8-18(24-29-28-22-5-2-1-3-12-30(22)24)15-21(20)27-23(31)16-32-19-9-6-17(7-10-19)25-33-13-4-14-34-25/h6-11,15,25H,1-5,12-14,16H2,(H,27,31). The molecule has 1 fully saturated rings. The largest absolute Gasteiger partial charge is 0.484 e. The maximum absolute atomic E-state index is 14.5. The van der Waals surface area contributed by atoms with Crippen molar-refractivity contribution in [1.29, 1.82) is 0 Å². The molecule has 0 bridgehead atoms. The number of hydrogen-bond acceptors (Lipinski definition) is 6. The van der Waals surface area contributed by atoms with Crippen LogP contribution in [0, 0.1) is 5.82 Å². The van der Waals surface area contributed by atoms with Crippen LogP contribution in [0.2, 0.25) is 0 Å². The van der Waals surface area contributed by atoms with Crippen molar-refractivity contribution in [3.05, 3.63) is 59.7 Å². The molecule has 0 aliphatic carbocycles. The number of carbonyl (C=O) groups excluding carboxylic acids is 1. The summed E-state index contributed by atoms with van der Waals surface area (Å²) in [6.07, 6.45) is 5.49. The second-order valence-corrected chi connectivity index (χ2v) is 11.2. The molecule has 2 aliphatic heterocycles. The molecule has 1 saturated heterocycles. The van der Waals surface area contributed by atoms with Crippen LogP contribution in [0.25, 0.3) is 11.4 Å². The molecule has 1 amide bonds. The predicted octanol–water partition coefficient (Wildman–Crippen LogP) is 5.70. The molecule has 0 atom stereocenters. The Labute approximate surface area is 207 Å². The first-order chi connectivity index (χ1) is 16.7. The number of amides is 1. The van der Waals surface area contributed by atoms with E-state index in [0.29, 0.717) is 16.2 Å². The lowest BCUT2D eigenvalue weighted by Gasteiger charge is -2.21. The van der Waals surface area contributed by atoms with Gasteiger partial charge in [-0.2, -0.15) is 0 Å². The molecule has 2 aromatic carbocycles. The number of fused-ring (bicyclic) bond motifs is 1. The van der Waals surface area contributed by atoms with Crippen molar-refractivity contribution >= 4 is 35.1 Å². The Balaban J connectivity index is 1.22. The molecule has 3 heterocycles. The zero-order chi connectivity index (χ0) is 23.3. The highest BCUT2D eigenvalue weighted by molar-refractivity contribution is 8.16. The summed E-state index contributed by atoms with van der Waals surface area (Å²) in [4.78, 5) is 12.5. The number of thioether (sulfide) groups is 2. The number of aryl methyl sites for hydroxylation is 1. The highest BCUT2D eigenvalue weighted by atomic mass is 32.2. The number of aromatic nitrogens is 3. The molecule has 3 aromatic rings. The van der Waals surface area contributed by atoms with E-state index in [1.165, 1.54) is 29.6 Å². The van der Waals surface area contributed by atoms with E-state index in [9.17, 15) is 9.18 Å². The van der Waals surface area contributed by atoms with Gasteiger partial charge in [-0.25, -0.2) is 4.39 Å². The van der Waals surface area contributed by atoms with Crippen LogP contribution in [-0.2, 0) is 17.8 Å². The Kier molecular flexibility index (Phi) is 7.39. The molecule has 5 rings (SSSR count). The minimum atomic E-state index is -0.500. The van der Waals surface area contributed by atoms with Crippen LogP contribution < -0.4 is 10.1 Å². The summed E-state index contributed by atoms with van der Waals surface area (Å²) in [5.74, 6) is 3.74. The maximum Gasteiger partial charge on any atom is 0.262 e. The van der Waals surface area contributed by atoms with Crippen molar-refractivity contribution in [2.45, 2.75) is 43.2 Å². The molecular formula is C25H27FN4O2S2. The zero-order valence-electron chi connectivity index (χ0n) is 18.8. The van der Waals surface area contributed by atoms with Crippen LogP contribution >= 0.6 is 23.5 Å². The smallest absolute Gasteiger partial charge is 0.262 e. The third-order valence-electron chi connectivity index (χ3n) is 5.96. The van der Waals surface area contributed by atoms with Gasteiger partial charge in [0.25, 0.3) is 5.91 Å². The normalized spacial score (nSPS) is 16.5. The van der Waals surface area contributed by atoms with E-state index < -0.39 is 11.7 Å². The van der Waals surface area contributed by atoms with E-state index in [2.05, 4.69) is 20.1 Å². The van der Waals surface area contributed by atoms with E-state index in [4.69, 9.17) is 4.74 Å². The van der Waals surface area contributed by atoms with Crippen molar-refractivity contribution in [3.63, 3.8) is 0 Å². The minimum absolute atomic E-state index is 0.110. The van der Waals surface area contributed by atoms with Gasteiger partial charge in [-0.1, -0.05) is 18.6 Å². The van der Waals surface area contributed by atoms with Gasteiger partial charge in [0, 0.05) is 18.5 Å². The number of nitrogens with zero attached hydrogens (tertiary/aromatic N) is 3. The lowest BCUT2D eigenvalue weighted by molar-refractivity contribution is -0.118. The second-order valence-electron chi connectivity index (χ2n) is 8.43. The number of halogens is 1. The maximum atomic E-state index is 14.5. The van der Waals surface area contributed by atoms with E-state index in [1.807, 2.05) is 47.8 Å². The first-order valence-electron chi connectivity index (χ1n) is 11.7. The predicted molar refractivity (Wildman–Crippen MR) is 136 cm³/mol. The summed E-state index contributed by atoms with van der Waals surface area (Å²) < 4.78 is 22.7. The number of nitrogens with one attached hydrogen (secondary N) is 1. The van der Waals surface area contributed by atoms with E-state index in [0.717, 1.165) is 43.6 Å². The fraction of sp³-hybridized carbons (Fsp3) is 0.400. The van der Waals surface area contributed by atoms with E-state index in [1.54, 1.807) is 12.1 Å². The minimum Gasteiger partial charge on any atom is -0.484 e. The lowest BCUT2D eigenvalue weighted by Crippen LogP contribution is -2.21. The molecular weight excluding hydrogens is 471 g/mol. The van der Waals surface area contributed by atoms with Crippen LogP contribution in [0.1, 0.15) is 41.7 Å². The van der Waals surface area contributed by atoms with Crippen molar-refractivity contribution < 1.29 is 13.9 Å². The first kappa shape index (κ1) is 23.2. The van der Waals surface area contributed by atoms with Crippen LogP contribution in [0.5, 0.6) is 5.75 Å². The van der Waals surface area contributed by atoms with Gasteiger partial charge in [-0.3, -0.25) is 4.79 Å². The van der Waals surface area contributed by atoms with Crippen molar-refractivity contribution in [3.8, 4) is 17.1 Å². The topological polar surface area (TPSA) is 69.0 Å². The number of carbonyl (C=O) groups is 1. The van der Waals surface area contributed by atoms with Crippen LogP contribution in [0.15, 0.2) is 42.5 Å². The molecule has 9 heteroatoms. The van der Waals surface area contributed by atoms with Crippen LogP contribution in [-0.4, -0.2) is 38.8 Å². The van der Waals surface area contributed by atoms with Crippen LogP contribution in [0.4, 0.5) is 10.1 Å². The highest BCUT2D eigenvalue weighted by Gasteiger charge is 2.19. The first-order valence-corrected chi connectivity index (χ1v) is 13.7. The average molecular weight is 499 g/mol. The zero-order valence-corrected chi connectivity index (χ0v) is 20.5. The number of benzene rings is 2. The highest BCUT2D eigenvalue weighted by Crippen LogP contribution is 2.43. The Morgan fingerprint density at radius 3 is 2.71 bits per heavy atom. The average Bonchev–Trinajstić information content (AvgIpc) is 3.13. The van der Waals surface area contributed by atoms with Gasteiger partial charge >= 0.3 is 0 Å². The van der Waals surface area contributed by atoms with Crippen LogP contribution in [0.3, 0.4) is 0 Å². The van der Waals surface area contributed by atoms with Gasteiger partial charge in [0.15, 0.2) is 12.4 Å². The summed E-state index contributed by atoms with van der Waals surface area (Å²) >= 11 is 3.93. The Morgan fingerprint density at radius 1 is 1.06 bits per heavy atom. The van der Waals surface area contributed by atoms with Gasteiger partial charge in [0.2, 0.25) is 0 Å². The van der Waals surface area contributed by atoms with Gasteiger partial charge in [-0.15, -0.1) is 33.7 Å². The number of rotatable bonds is 6. The molecule has 0 spiro atoms. The van der Waals surface area contributed by atoms with Crippen molar-refractivity contribution in [2.75, 3.05) is 23.4 Å². The van der Waals surface area contributed by atoms with Gasteiger partial charge in [-0.05, 0) is 66.7 Å². The molecule has 178 valence electrons. The summed E-state index contributed by atoms with van der Waals surface area (Å²) in [5.41, 5.74) is 2.10. The molecule has 2 aliphatic rings. The van der Waals surface area contributed by atoms with Gasteiger partial charge in [0.1, 0.15) is 17.4 Å².